The van der Waals surface area contributed by atoms with Gasteiger partial charge in [-0.15, -0.1) is 0 Å². The molecule has 0 saturated heterocycles. The van der Waals surface area contributed by atoms with Crippen LogP contribution in [0.1, 0.15) is 60.2 Å². The second kappa shape index (κ2) is 7.20. The van der Waals surface area contributed by atoms with Crippen LogP contribution in [0.15, 0.2) is 24.3 Å². The number of carbonyl (C=O) groups excluding carboxylic acids is 3. The predicted molar refractivity (Wildman–Crippen MR) is 83.6 cm³/mol. The number of unbranched alkanes of at least 4 members (excludes halogenated alkanes) is 2. The van der Waals surface area contributed by atoms with E-state index in [1.54, 1.807) is 24.3 Å². The van der Waals surface area contributed by atoms with Gasteiger partial charge < -0.3 is 5.32 Å². The Kier molecular flexibility index (Phi) is 5.31. The molecule has 1 aliphatic heterocycles. The maximum atomic E-state index is 12.2. The molecule has 0 spiro atoms. The van der Waals surface area contributed by atoms with E-state index in [1.807, 2.05) is 6.92 Å². The molecule has 0 bridgehead atoms. The zero-order valence-electron chi connectivity index (χ0n) is 13.1. The Balaban J connectivity index is 1.91. The first-order chi connectivity index (χ1) is 10.5. The molecule has 1 unspecified atom stereocenters. The molecule has 5 nitrogen and oxygen atoms in total. The number of carbonyl (C=O) groups is 3. The number of nitrogens with zero attached hydrogens (tertiary/aromatic N) is 1. The molecule has 1 aromatic carbocycles. The van der Waals surface area contributed by atoms with Gasteiger partial charge in [0.25, 0.3) is 11.8 Å². The SMILES string of the molecule is CCCCCC(C)NC(=O)CN1C(=O)c2ccccc2C1=O. The fourth-order valence-corrected chi connectivity index (χ4v) is 2.62. The monoisotopic (exact) mass is 302 g/mol. The van der Waals surface area contributed by atoms with Crippen LogP contribution in [-0.4, -0.2) is 35.2 Å². The van der Waals surface area contributed by atoms with Gasteiger partial charge >= 0.3 is 0 Å². The van der Waals surface area contributed by atoms with Crippen molar-refractivity contribution in [3.05, 3.63) is 35.4 Å². The Morgan fingerprint density at radius 2 is 1.73 bits per heavy atom. The Morgan fingerprint density at radius 1 is 1.14 bits per heavy atom. The maximum absolute atomic E-state index is 12.2. The van der Waals surface area contributed by atoms with Crippen molar-refractivity contribution in [3.63, 3.8) is 0 Å². The van der Waals surface area contributed by atoms with Crippen molar-refractivity contribution in [2.45, 2.75) is 45.6 Å². The number of hydrogen-bond acceptors (Lipinski definition) is 3. The zero-order chi connectivity index (χ0) is 16.1. The van der Waals surface area contributed by atoms with Gasteiger partial charge in [-0.1, -0.05) is 38.3 Å². The first-order valence-corrected chi connectivity index (χ1v) is 7.79. The third-order valence-corrected chi connectivity index (χ3v) is 3.83. The Labute approximate surface area is 130 Å². The standard InChI is InChI=1S/C17H22N2O3/c1-3-4-5-8-12(2)18-15(20)11-19-16(21)13-9-6-7-10-14(13)17(19)22/h6-7,9-10,12H,3-5,8,11H2,1-2H3,(H,18,20). The summed E-state index contributed by atoms with van der Waals surface area (Å²) in [5.41, 5.74) is 0.743. The van der Waals surface area contributed by atoms with Gasteiger partial charge in [-0.05, 0) is 25.5 Å². The fraction of sp³-hybridized carbons (Fsp3) is 0.471. The summed E-state index contributed by atoms with van der Waals surface area (Å²) >= 11 is 0. The topological polar surface area (TPSA) is 66.5 Å². The van der Waals surface area contributed by atoms with E-state index >= 15 is 0 Å². The quantitative estimate of drug-likeness (QED) is 0.621. The van der Waals surface area contributed by atoms with Crippen LogP contribution in [0, 0.1) is 0 Å². The van der Waals surface area contributed by atoms with Gasteiger partial charge in [0, 0.05) is 6.04 Å². The number of amides is 3. The summed E-state index contributed by atoms with van der Waals surface area (Å²) in [6.07, 6.45) is 4.24. The van der Waals surface area contributed by atoms with Crippen LogP contribution in [0.3, 0.4) is 0 Å². The van der Waals surface area contributed by atoms with E-state index in [-0.39, 0.29) is 18.5 Å². The first-order valence-electron chi connectivity index (χ1n) is 7.79. The summed E-state index contributed by atoms with van der Waals surface area (Å²) in [5, 5.41) is 2.85. The molecule has 1 N–H and O–H groups in total. The van der Waals surface area contributed by atoms with E-state index in [9.17, 15) is 14.4 Å². The van der Waals surface area contributed by atoms with Crippen molar-refractivity contribution in [2.24, 2.45) is 0 Å². The molecule has 1 aliphatic rings. The lowest BCUT2D eigenvalue weighted by molar-refractivity contribution is -0.122. The fourth-order valence-electron chi connectivity index (χ4n) is 2.62. The van der Waals surface area contributed by atoms with E-state index in [4.69, 9.17) is 0 Å². The second-order valence-electron chi connectivity index (χ2n) is 5.71. The van der Waals surface area contributed by atoms with E-state index in [0.717, 1.165) is 30.6 Å². The molecule has 0 fully saturated rings. The first kappa shape index (κ1) is 16.2. The molecule has 0 aliphatic carbocycles. The van der Waals surface area contributed by atoms with Gasteiger partial charge in [0.1, 0.15) is 6.54 Å². The summed E-state index contributed by atoms with van der Waals surface area (Å²) in [5.74, 6) is -1.08. The second-order valence-corrected chi connectivity index (χ2v) is 5.71. The van der Waals surface area contributed by atoms with Crippen LogP contribution in [0.5, 0.6) is 0 Å². The van der Waals surface area contributed by atoms with Crippen LogP contribution in [0.25, 0.3) is 0 Å². The molecular weight excluding hydrogens is 280 g/mol. The molecule has 5 heteroatoms. The highest BCUT2D eigenvalue weighted by Gasteiger charge is 2.36. The molecule has 22 heavy (non-hydrogen) atoms. The van der Waals surface area contributed by atoms with Crippen LogP contribution in [0.4, 0.5) is 0 Å². The number of fused-ring (bicyclic) bond motifs is 1. The largest absolute Gasteiger partial charge is 0.352 e. The van der Waals surface area contributed by atoms with E-state index in [1.165, 1.54) is 0 Å². The number of hydrogen-bond donors (Lipinski definition) is 1. The van der Waals surface area contributed by atoms with Crippen molar-refractivity contribution < 1.29 is 14.4 Å². The van der Waals surface area contributed by atoms with Gasteiger partial charge in [0.15, 0.2) is 0 Å². The van der Waals surface area contributed by atoms with Gasteiger partial charge in [-0.2, -0.15) is 0 Å². The molecule has 1 aromatic rings. The van der Waals surface area contributed by atoms with Gasteiger partial charge in [0.2, 0.25) is 5.91 Å². The van der Waals surface area contributed by atoms with E-state index in [0.29, 0.717) is 11.1 Å². The van der Waals surface area contributed by atoms with Crippen molar-refractivity contribution in [1.29, 1.82) is 0 Å². The predicted octanol–water partition coefficient (Wildman–Crippen LogP) is 2.37. The summed E-state index contributed by atoms with van der Waals surface area (Å²) < 4.78 is 0. The molecule has 3 amide bonds. The minimum atomic E-state index is -0.394. The molecule has 0 radical (unpaired) electrons. The van der Waals surface area contributed by atoms with Crippen LogP contribution in [0.2, 0.25) is 0 Å². The average Bonchev–Trinajstić information content (AvgIpc) is 2.73. The van der Waals surface area contributed by atoms with Crippen molar-refractivity contribution in [1.82, 2.24) is 10.2 Å². The van der Waals surface area contributed by atoms with Gasteiger partial charge in [-0.25, -0.2) is 0 Å². The number of benzene rings is 1. The van der Waals surface area contributed by atoms with E-state index < -0.39 is 11.8 Å². The Bertz CT molecular complexity index is 548. The third-order valence-electron chi connectivity index (χ3n) is 3.83. The molecule has 118 valence electrons. The number of nitrogens with one attached hydrogen (secondary N) is 1. The third kappa shape index (κ3) is 3.53. The van der Waals surface area contributed by atoms with Crippen LogP contribution in [-0.2, 0) is 4.79 Å². The van der Waals surface area contributed by atoms with Crippen molar-refractivity contribution in [3.8, 4) is 0 Å². The van der Waals surface area contributed by atoms with Gasteiger partial charge in [0.05, 0.1) is 11.1 Å². The molecular formula is C17H22N2O3. The summed E-state index contributed by atoms with van der Waals surface area (Å²) in [6, 6.07) is 6.70. The highest BCUT2D eigenvalue weighted by atomic mass is 16.2. The Morgan fingerprint density at radius 3 is 2.27 bits per heavy atom. The smallest absolute Gasteiger partial charge is 0.262 e. The number of rotatable bonds is 7. The molecule has 0 saturated carbocycles. The summed E-state index contributed by atoms with van der Waals surface area (Å²) in [4.78, 5) is 37.4. The number of imide groups is 1. The summed E-state index contributed by atoms with van der Waals surface area (Å²) in [6.45, 7) is 3.85. The summed E-state index contributed by atoms with van der Waals surface area (Å²) in [7, 11) is 0. The Hall–Kier alpha value is -2.17. The minimum Gasteiger partial charge on any atom is -0.352 e. The highest BCUT2D eigenvalue weighted by Crippen LogP contribution is 2.21. The lowest BCUT2D eigenvalue weighted by Crippen LogP contribution is -2.43. The highest BCUT2D eigenvalue weighted by molar-refractivity contribution is 6.22. The van der Waals surface area contributed by atoms with Gasteiger partial charge in [-0.3, -0.25) is 19.3 Å². The molecule has 1 atom stereocenters. The van der Waals surface area contributed by atoms with Crippen molar-refractivity contribution in [2.75, 3.05) is 6.54 Å². The molecule has 0 aromatic heterocycles. The molecule has 2 rings (SSSR count). The lowest BCUT2D eigenvalue weighted by Gasteiger charge is -2.17. The minimum absolute atomic E-state index is 0.0502. The van der Waals surface area contributed by atoms with E-state index in [2.05, 4.69) is 12.2 Å². The maximum Gasteiger partial charge on any atom is 0.262 e. The van der Waals surface area contributed by atoms with Crippen molar-refractivity contribution >= 4 is 17.7 Å². The van der Waals surface area contributed by atoms with Crippen LogP contribution < -0.4 is 5.32 Å². The normalized spacial score (nSPS) is 14.9. The average molecular weight is 302 g/mol. The van der Waals surface area contributed by atoms with Crippen LogP contribution >= 0.6 is 0 Å². The zero-order valence-corrected chi connectivity index (χ0v) is 13.1. The molecule has 1 heterocycles. The lowest BCUT2D eigenvalue weighted by atomic mass is 10.1.